The van der Waals surface area contributed by atoms with Crippen molar-refractivity contribution < 1.29 is 9.53 Å². The van der Waals surface area contributed by atoms with Crippen molar-refractivity contribution in [2.24, 2.45) is 0 Å². The molecule has 114 valence electrons. The Hall–Kier alpha value is -2.62. The largest absolute Gasteiger partial charge is 0.466 e. The number of hydrogen-bond donors (Lipinski definition) is 0. The summed E-state index contributed by atoms with van der Waals surface area (Å²) in [6, 6.07) is 14.0. The minimum atomic E-state index is -0.351. The van der Waals surface area contributed by atoms with E-state index >= 15 is 0 Å². The summed E-state index contributed by atoms with van der Waals surface area (Å²) in [6.45, 7) is 3.80. The number of ether oxygens (including phenoxy) is 1. The van der Waals surface area contributed by atoms with Crippen LogP contribution in [0, 0.1) is 0 Å². The van der Waals surface area contributed by atoms with Crippen LogP contribution in [0.5, 0.6) is 0 Å². The number of benzene rings is 1. The molecule has 22 heavy (non-hydrogen) atoms. The van der Waals surface area contributed by atoms with Gasteiger partial charge in [-0.3, -0.25) is 0 Å². The SMILES string of the molecule is CCN(Cc1ccc(C=CC(=O)OC)cc1)c1ccccn1. The molecule has 0 bridgehead atoms. The molecule has 0 aliphatic heterocycles. The van der Waals surface area contributed by atoms with Crippen LogP contribution >= 0.6 is 0 Å². The molecule has 0 saturated carbocycles. The van der Waals surface area contributed by atoms with Crippen LogP contribution in [-0.2, 0) is 16.1 Å². The zero-order chi connectivity index (χ0) is 15.8. The van der Waals surface area contributed by atoms with E-state index in [4.69, 9.17) is 0 Å². The highest BCUT2D eigenvalue weighted by Crippen LogP contribution is 2.14. The molecule has 0 spiro atoms. The molecule has 0 fully saturated rings. The Balaban J connectivity index is 2.04. The predicted octanol–water partition coefficient (Wildman–Crippen LogP) is 3.29. The molecule has 0 atom stereocenters. The van der Waals surface area contributed by atoms with Crippen molar-refractivity contribution in [1.82, 2.24) is 4.98 Å². The standard InChI is InChI=1S/C18H20N2O2/c1-3-20(17-6-4-5-13-19-17)14-16-9-7-15(8-10-16)11-12-18(21)22-2/h4-13H,3,14H2,1-2H3. The third-order valence-corrected chi connectivity index (χ3v) is 3.32. The fourth-order valence-electron chi connectivity index (χ4n) is 2.08. The average Bonchev–Trinajstić information content (AvgIpc) is 2.59. The van der Waals surface area contributed by atoms with E-state index < -0.39 is 0 Å². The molecule has 0 saturated heterocycles. The van der Waals surface area contributed by atoms with Gasteiger partial charge in [-0.25, -0.2) is 9.78 Å². The molecular weight excluding hydrogens is 276 g/mol. The first-order valence-corrected chi connectivity index (χ1v) is 7.24. The minimum Gasteiger partial charge on any atom is -0.466 e. The quantitative estimate of drug-likeness (QED) is 0.606. The van der Waals surface area contributed by atoms with E-state index in [-0.39, 0.29) is 5.97 Å². The number of nitrogens with zero attached hydrogens (tertiary/aromatic N) is 2. The molecule has 2 rings (SSSR count). The van der Waals surface area contributed by atoms with Crippen molar-refractivity contribution in [1.29, 1.82) is 0 Å². The smallest absolute Gasteiger partial charge is 0.330 e. The molecule has 2 aromatic rings. The number of pyridine rings is 1. The summed E-state index contributed by atoms with van der Waals surface area (Å²) in [5.74, 6) is 0.621. The highest BCUT2D eigenvalue weighted by atomic mass is 16.5. The van der Waals surface area contributed by atoms with Crippen LogP contribution in [0.3, 0.4) is 0 Å². The summed E-state index contributed by atoms with van der Waals surface area (Å²) in [7, 11) is 1.37. The highest BCUT2D eigenvalue weighted by Gasteiger charge is 2.05. The van der Waals surface area contributed by atoms with Crippen LogP contribution in [-0.4, -0.2) is 24.6 Å². The number of carbonyl (C=O) groups is 1. The van der Waals surface area contributed by atoms with Crippen molar-refractivity contribution in [2.75, 3.05) is 18.6 Å². The third-order valence-electron chi connectivity index (χ3n) is 3.32. The molecular formula is C18H20N2O2. The first-order valence-electron chi connectivity index (χ1n) is 7.24. The van der Waals surface area contributed by atoms with Crippen LogP contribution in [0.25, 0.3) is 6.08 Å². The maximum Gasteiger partial charge on any atom is 0.330 e. The lowest BCUT2D eigenvalue weighted by atomic mass is 10.1. The maximum atomic E-state index is 11.1. The van der Waals surface area contributed by atoms with E-state index in [1.165, 1.54) is 18.7 Å². The van der Waals surface area contributed by atoms with Crippen LogP contribution < -0.4 is 4.90 Å². The van der Waals surface area contributed by atoms with Gasteiger partial charge in [0.25, 0.3) is 0 Å². The average molecular weight is 296 g/mol. The van der Waals surface area contributed by atoms with Gasteiger partial charge >= 0.3 is 5.97 Å². The first kappa shape index (κ1) is 15.8. The van der Waals surface area contributed by atoms with Crippen molar-refractivity contribution in [3.8, 4) is 0 Å². The Bertz CT molecular complexity index is 621. The van der Waals surface area contributed by atoms with Crippen molar-refractivity contribution >= 4 is 17.9 Å². The first-order chi connectivity index (χ1) is 10.7. The molecule has 1 heterocycles. The van der Waals surface area contributed by atoms with Gasteiger partial charge in [0.1, 0.15) is 5.82 Å². The topological polar surface area (TPSA) is 42.4 Å². The zero-order valence-electron chi connectivity index (χ0n) is 12.9. The van der Waals surface area contributed by atoms with Gasteiger partial charge in [-0.1, -0.05) is 30.3 Å². The molecule has 1 aromatic carbocycles. The Kier molecular flexibility index (Phi) is 5.72. The molecule has 0 unspecified atom stereocenters. The molecule has 0 aliphatic carbocycles. The minimum absolute atomic E-state index is 0.351. The number of carbonyl (C=O) groups excluding carboxylic acids is 1. The monoisotopic (exact) mass is 296 g/mol. The Labute approximate surface area is 131 Å². The predicted molar refractivity (Wildman–Crippen MR) is 88.5 cm³/mol. The van der Waals surface area contributed by atoms with Crippen molar-refractivity contribution in [2.45, 2.75) is 13.5 Å². The number of hydrogen-bond acceptors (Lipinski definition) is 4. The van der Waals surface area contributed by atoms with E-state index in [2.05, 4.69) is 33.7 Å². The van der Waals surface area contributed by atoms with Crippen LogP contribution in [0.1, 0.15) is 18.1 Å². The molecule has 0 radical (unpaired) electrons. The van der Waals surface area contributed by atoms with E-state index in [1.54, 1.807) is 12.3 Å². The van der Waals surface area contributed by atoms with Gasteiger partial charge in [-0.15, -0.1) is 0 Å². The van der Waals surface area contributed by atoms with Crippen LogP contribution in [0.4, 0.5) is 5.82 Å². The van der Waals surface area contributed by atoms with Crippen LogP contribution in [0.15, 0.2) is 54.7 Å². The summed E-state index contributed by atoms with van der Waals surface area (Å²) >= 11 is 0. The lowest BCUT2D eigenvalue weighted by Crippen LogP contribution is -2.22. The highest BCUT2D eigenvalue weighted by molar-refractivity contribution is 5.86. The third kappa shape index (κ3) is 4.45. The van der Waals surface area contributed by atoms with E-state index in [0.717, 1.165) is 24.5 Å². The van der Waals surface area contributed by atoms with Crippen molar-refractivity contribution in [3.63, 3.8) is 0 Å². The fraction of sp³-hybridized carbons (Fsp3) is 0.222. The van der Waals surface area contributed by atoms with E-state index in [9.17, 15) is 4.79 Å². The van der Waals surface area contributed by atoms with Gasteiger partial charge in [0.15, 0.2) is 0 Å². The molecule has 0 amide bonds. The molecule has 0 N–H and O–H groups in total. The zero-order valence-corrected chi connectivity index (χ0v) is 12.9. The van der Waals surface area contributed by atoms with Gasteiger partial charge < -0.3 is 9.64 Å². The number of anilines is 1. The van der Waals surface area contributed by atoms with E-state index in [1.807, 2.05) is 30.3 Å². The van der Waals surface area contributed by atoms with Gasteiger partial charge in [-0.05, 0) is 36.3 Å². The number of esters is 1. The lowest BCUT2D eigenvalue weighted by Gasteiger charge is -2.21. The maximum absolute atomic E-state index is 11.1. The second-order valence-corrected chi connectivity index (χ2v) is 4.80. The van der Waals surface area contributed by atoms with Crippen LogP contribution in [0.2, 0.25) is 0 Å². The normalized spacial score (nSPS) is 10.6. The number of rotatable bonds is 6. The summed E-state index contributed by atoms with van der Waals surface area (Å²) in [5, 5.41) is 0. The molecule has 0 aliphatic rings. The van der Waals surface area contributed by atoms with E-state index in [0.29, 0.717) is 0 Å². The summed E-state index contributed by atoms with van der Waals surface area (Å²) in [4.78, 5) is 17.7. The second-order valence-electron chi connectivity index (χ2n) is 4.80. The molecule has 4 nitrogen and oxygen atoms in total. The Morgan fingerprint density at radius 1 is 1.23 bits per heavy atom. The van der Waals surface area contributed by atoms with Crippen molar-refractivity contribution in [3.05, 3.63) is 65.9 Å². The molecule has 4 heteroatoms. The summed E-state index contributed by atoms with van der Waals surface area (Å²) in [5.41, 5.74) is 2.16. The van der Waals surface area contributed by atoms with Gasteiger partial charge in [0.05, 0.1) is 7.11 Å². The van der Waals surface area contributed by atoms with Gasteiger partial charge in [-0.2, -0.15) is 0 Å². The lowest BCUT2D eigenvalue weighted by molar-refractivity contribution is -0.134. The molecule has 1 aromatic heterocycles. The summed E-state index contributed by atoms with van der Waals surface area (Å²) < 4.78 is 4.57. The fourth-order valence-corrected chi connectivity index (χ4v) is 2.08. The Morgan fingerprint density at radius 2 is 2.00 bits per heavy atom. The summed E-state index contributed by atoms with van der Waals surface area (Å²) in [6.07, 6.45) is 4.96. The number of aromatic nitrogens is 1. The van der Waals surface area contributed by atoms with Gasteiger partial charge in [0, 0.05) is 25.4 Å². The number of methoxy groups -OCH3 is 1. The second kappa shape index (κ2) is 7.98. The van der Waals surface area contributed by atoms with Gasteiger partial charge in [0.2, 0.25) is 0 Å². The Morgan fingerprint density at radius 3 is 2.59 bits per heavy atom.